The molecule has 4 aromatic rings. The smallest absolute Gasteiger partial charge is 0.253 e. The van der Waals surface area contributed by atoms with Gasteiger partial charge in [0.05, 0.1) is 29.0 Å². The van der Waals surface area contributed by atoms with Gasteiger partial charge in [0.2, 0.25) is 5.88 Å². The van der Waals surface area contributed by atoms with Crippen molar-refractivity contribution in [3.63, 3.8) is 0 Å². The molecule has 0 aliphatic carbocycles. The zero-order valence-corrected chi connectivity index (χ0v) is 15.8. The van der Waals surface area contributed by atoms with E-state index in [-0.39, 0.29) is 12.0 Å². The van der Waals surface area contributed by atoms with Crippen LogP contribution in [0.2, 0.25) is 0 Å². The molecule has 8 heteroatoms. The van der Waals surface area contributed by atoms with Gasteiger partial charge in [0.15, 0.2) is 0 Å². The van der Waals surface area contributed by atoms with Gasteiger partial charge in [0.1, 0.15) is 17.1 Å². The number of para-hydroxylation sites is 2. The summed E-state index contributed by atoms with van der Waals surface area (Å²) in [6, 6.07) is 13.2. The number of aromatic nitrogens is 4. The van der Waals surface area contributed by atoms with Gasteiger partial charge in [0.25, 0.3) is 5.91 Å². The van der Waals surface area contributed by atoms with Crippen LogP contribution in [0.5, 0.6) is 5.88 Å². The molecule has 0 N–H and O–H groups in total. The number of hydrogen-bond acceptors (Lipinski definition) is 7. The van der Waals surface area contributed by atoms with Crippen LogP contribution in [0.15, 0.2) is 48.7 Å². The molecule has 140 valence electrons. The minimum Gasteiger partial charge on any atom is -0.473 e. The van der Waals surface area contributed by atoms with E-state index in [4.69, 9.17) is 4.74 Å². The molecule has 3 heterocycles. The molecular formula is C20H17N5O2S. The maximum absolute atomic E-state index is 12.8. The summed E-state index contributed by atoms with van der Waals surface area (Å²) >= 11 is 1.16. The number of carbonyl (C=O) groups is 1. The molecule has 0 unspecified atom stereocenters. The fourth-order valence-corrected chi connectivity index (χ4v) is 3.96. The second-order valence-electron chi connectivity index (χ2n) is 6.77. The molecule has 2 aromatic heterocycles. The molecule has 1 amide bonds. The summed E-state index contributed by atoms with van der Waals surface area (Å²) in [6.45, 7) is 1.30. The van der Waals surface area contributed by atoms with E-state index in [1.54, 1.807) is 6.20 Å². The van der Waals surface area contributed by atoms with Crippen molar-refractivity contribution in [2.45, 2.75) is 18.9 Å². The lowest BCUT2D eigenvalue weighted by molar-refractivity contribution is 0.0588. The Morgan fingerprint density at radius 1 is 1.00 bits per heavy atom. The standard InChI is InChI=1S/C20H17N5O2S/c26-20(13-5-6-17-18(11-13)24-28-23-17)25-9-7-14(8-10-25)27-19-12-21-15-3-1-2-4-16(15)22-19/h1-6,11-12,14H,7-10H2. The molecule has 0 spiro atoms. The van der Waals surface area contributed by atoms with Crippen LogP contribution in [0.4, 0.5) is 0 Å². The molecule has 1 fully saturated rings. The Morgan fingerprint density at radius 2 is 1.79 bits per heavy atom. The Kier molecular flexibility index (Phi) is 4.32. The molecule has 1 saturated heterocycles. The van der Waals surface area contributed by atoms with Crippen molar-refractivity contribution in [3.8, 4) is 5.88 Å². The molecule has 0 bridgehead atoms. The highest BCUT2D eigenvalue weighted by Crippen LogP contribution is 2.21. The number of ether oxygens (including phenoxy) is 1. The lowest BCUT2D eigenvalue weighted by Crippen LogP contribution is -2.41. The zero-order valence-electron chi connectivity index (χ0n) is 15.0. The predicted octanol–water partition coefficient (Wildman–Crippen LogP) is 3.32. The van der Waals surface area contributed by atoms with Gasteiger partial charge in [-0.05, 0) is 30.3 Å². The van der Waals surface area contributed by atoms with Gasteiger partial charge in [-0.25, -0.2) is 9.97 Å². The minimum atomic E-state index is 0.0267. The number of hydrogen-bond donors (Lipinski definition) is 0. The maximum atomic E-state index is 12.8. The first kappa shape index (κ1) is 17.0. The second kappa shape index (κ2) is 7.12. The maximum Gasteiger partial charge on any atom is 0.253 e. The molecule has 7 nitrogen and oxygen atoms in total. The third kappa shape index (κ3) is 3.27. The Labute approximate surface area is 165 Å². The topological polar surface area (TPSA) is 81.1 Å². The van der Waals surface area contributed by atoms with Crippen molar-refractivity contribution < 1.29 is 9.53 Å². The summed E-state index contributed by atoms with van der Waals surface area (Å²) < 4.78 is 14.4. The monoisotopic (exact) mass is 391 g/mol. The molecular weight excluding hydrogens is 374 g/mol. The van der Waals surface area contributed by atoms with Crippen molar-refractivity contribution in [2.75, 3.05) is 13.1 Å². The SMILES string of the molecule is O=C(c1ccc2nsnc2c1)N1CCC(Oc2cnc3ccccc3n2)CC1. The summed E-state index contributed by atoms with van der Waals surface area (Å²) in [4.78, 5) is 23.6. The number of piperidine rings is 1. The van der Waals surface area contributed by atoms with Crippen LogP contribution in [0, 0.1) is 0 Å². The van der Waals surface area contributed by atoms with Crippen LogP contribution >= 0.6 is 11.7 Å². The predicted molar refractivity (Wildman–Crippen MR) is 107 cm³/mol. The van der Waals surface area contributed by atoms with Crippen LogP contribution in [-0.2, 0) is 0 Å². The Hall–Kier alpha value is -3.13. The van der Waals surface area contributed by atoms with E-state index in [9.17, 15) is 4.79 Å². The second-order valence-corrected chi connectivity index (χ2v) is 7.30. The first-order valence-electron chi connectivity index (χ1n) is 9.16. The summed E-state index contributed by atoms with van der Waals surface area (Å²) in [5.41, 5.74) is 3.91. The Bertz CT molecular complexity index is 1150. The normalized spacial score (nSPS) is 15.2. The van der Waals surface area contributed by atoms with Crippen molar-refractivity contribution in [1.82, 2.24) is 23.6 Å². The third-order valence-electron chi connectivity index (χ3n) is 4.94. The van der Waals surface area contributed by atoms with Crippen molar-refractivity contribution in [3.05, 3.63) is 54.2 Å². The van der Waals surface area contributed by atoms with Gasteiger partial charge in [-0.1, -0.05) is 12.1 Å². The molecule has 1 aliphatic rings. The van der Waals surface area contributed by atoms with E-state index in [0.29, 0.717) is 24.5 Å². The number of amides is 1. The van der Waals surface area contributed by atoms with E-state index >= 15 is 0 Å². The number of likely N-dealkylation sites (tertiary alicyclic amines) is 1. The minimum absolute atomic E-state index is 0.0267. The van der Waals surface area contributed by atoms with Crippen molar-refractivity contribution in [2.24, 2.45) is 0 Å². The Morgan fingerprint density at radius 3 is 2.64 bits per heavy atom. The first-order valence-corrected chi connectivity index (χ1v) is 9.89. The molecule has 0 radical (unpaired) electrons. The molecule has 0 saturated carbocycles. The summed E-state index contributed by atoms with van der Waals surface area (Å²) in [7, 11) is 0. The number of rotatable bonds is 3. The van der Waals surface area contributed by atoms with E-state index in [2.05, 4.69) is 18.7 Å². The van der Waals surface area contributed by atoms with Crippen LogP contribution < -0.4 is 4.74 Å². The van der Waals surface area contributed by atoms with Gasteiger partial charge in [-0.3, -0.25) is 4.79 Å². The zero-order chi connectivity index (χ0) is 18.9. The molecule has 2 aromatic carbocycles. The van der Waals surface area contributed by atoms with Crippen LogP contribution in [-0.4, -0.2) is 48.7 Å². The van der Waals surface area contributed by atoms with Crippen molar-refractivity contribution in [1.29, 1.82) is 0 Å². The highest BCUT2D eigenvalue weighted by molar-refractivity contribution is 7.00. The van der Waals surface area contributed by atoms with E-state index in [1.807, 2.05) is 47.4 Å². The third-order valence-corrected chi connectivity index (χ3v) is 5.50. The van der Waals surface area contributed by atoms with Crippen LogP contribution in [0.3, 0.4) is 0 Å². The summed E-state index contributed by atoms with van der Waals surface area (Å²) in [6.07, 6.45) is 3.23. The molecule has 1 aliphatic heterocycles. The van der Waals surface area contributed by atoms with E-state index in [1.165, 1.54) is 0 Å². The Balaban J connectivity index is 1.23. The average molecular weight is 391 g/mol. The van der Waals surface area contributed by atoms with Crippen molar-refractivity contribution >= 4 is 39.7 Å². The fraction of sp³-hybridized carbons (Fsp3) is 0.250. The quantitative estimate of drug-likeness (QED) is 0.533. The van der Waals surface area contributed by atoms with Gasteiger partial charge in [0, 0.05) is 31.5 Å². The van der Waals surface area contributed by atoms with Crippen LogP contribution in [0.1, 0.15) is 23.2 Å². The molecule has 5 rings (SSSR count). The van der Waals surface area contributed by atoms with Gasteiger partial charge < -0.3 is 9.64 Å². The number of nitrogens with zero attached hydrogens (tertiary/aromatic N) is 5. The van der Waals surface area contributed by atoms with Gasteiger partial charge in [-0.2, -0.15) is 8.75 Å². The highest BCUT2D eigenvalue weighted by atomic mass is 32.1. The average Bonchev–Trinajstić information content (AvgIpc) is 3.21. The number of benzene rings is 2. The first-order chi connectivity index (χ1) is 13.8. The largest absolute Gasteiger partial charge is 0.473 e. The molecule has 0 atom stereocenters. The van der Waals surface area contributed by atoms with Gasteiger partial charge in [-0.15, -0.1) is 0 Å². The lowest BCUT2D eigenvalue weighted by atomic mass is 10.1. The van der Waals surface area contributed by atoms with Gasteiger partial charge >= 0.3 is 0 Å². The highest BCUT2D eigenvalue weighted by Gasteiger charge is 2.25. The van der Waals surface area contributed by atoms with Crippen LogP contribution in [0.25, 0.3) is 22.1 Å². The fourth-order valence-electron chi connectivity index (χ4n) is 3.44. The van der Waals surface area contributed by atoms with E-state index in [0.717, 1.165) is 46.6 Å². The lowest BCUT2D eigenvalue weighted by Gasteiger charge is -2.32. The summed E-state index contributed by atoms with van der Waals surface area (Å²) in [5.74, 6) is 0.559. The van der Waals surface area contributed by atoms with E-state index < -0.39 is 0 Å². The molecule has 28 heavy (non-hydrogen) atoms. The summed E-state index contributed by atoms with van der Waals surface area (Å²) in [5, 5.41) is 0. The number of fused-ring (bicyclic) bond motifs is 2. The number of carbonyl (C=O) groups excluding carboxylic acids is 1.